The first-order valence-corrected chi connectivity index (χ1v) is 9.09. The summed E-state index contributed by atoms with van der Waals surface area (Å²) in [5, 5.41) is 5.96. The van der Waals surface area contributed by atoms with Gasteiger partial charge in [-0.25, -0.2) is 9.97 Å². The Hall–Kier alpha value is -2.91. The lowest BCUT2D eigenvalue weighted by Crippen LogP contribution is -2.41. The summed E-state index contributed by atoms with van der Waals surface area (Å²) >= 11 is 0. The van der Waals surface area contributed by atoms with E-state index in [0.29, 0.717) is 35.2 Å². The van der Waals surface area contributed by atoms with Crippen LogP contribution in [0, 0.1) is 0 Å². The molecule has 1 amide bonds. The molecule has 0 aliphatic carbocycles. The summed E-state index contributed by atoms with van der Waals surface area (Å²) in [7, 11) is 3.17. The molecule has 1 aromatic carbocycles. The number of anilines is 2. The average molecular weight is 387 g/mol. The van der Waals surface area contributed by atoms with Gasteiger partial charge in [0.15, 0.2) is 0 Å². The van der Waals surface area contributed by atoms with Crippen LogP contribution < -0.4 is 20.1 Å². The van der Waals surface area contributed by atoms with Gasteiger partial charge in [-0.05, 0) is 12.1 Å². The number of amides is 1. The number of nitrogens with one attached hydrogen (secondary N) is 2. The van der Waals surface area contributed by atoms with Crippen LogP contribution in [0.3, 0.4) is 0 Å². The van der Waals surface area contributed by atoms with Crippen molar-refractivity contribution in [3.8, 4) is 11.5 Å². The number of hydrogen-bond acceptors (Lipinski definition) is 8. The van der Waals surface area contributed by atoms with Crippen LogP contribution in [0.1, 0.15) is 10.4 Å². The molecule has 1 aliphatic heterocycles. The Kier molecular flexibility index (Phi) is 6.99. The number of carbonyl (C=O) groups is 1. The molecule has 150 valence electrons. The summed E-state index contributed by atoms with van der Waals surface area (Å²) in [6.07, 6.45) is 2.98. The van der Waals surface area contributed by atoms with Crippen LogP contribution in [-0.4, -0.2) is 74.4 Å². The van der Waals surface area contributed by atoms with Gasteiger partial charge < -0.3 is 24.8 Å². The summed E-state index contributed by atoms with van der Waals surface area (Å²) in [5.41, 5.74) is 1.08. The molecule has 0 saturated carbocycles. The minimum Gasteiger partial charge on any atom is -0.497 e. The van der Waals surface area contributed by atoms with Crippen LogP contribution in [0.4, 0.5) is 11.6 Å². The standard InChI is InChI=1S/C19H25N5O4/c1-26-15-3-4-17(27-2)16(11-15)23-19-21-12-14(13-22-19)18(25)20-5-6-24-7-9-28-10-8-24/h3-4,11-13H,5-10H2,1-2H3,(H,20,25)(H,21,22,23). The van der Waals surface area contributed by atoms with E-state index in [9.17, 15) is 4.79 Å². The van der Waals surface area contributed by atoms with Gasteiger partial charge in [0.1, 0.15) is 11.5 Å². The van der Waals surface area contributed by atoms with E-state index in [2.05, 4.69) is 25.5 Å². The van der Waals surface area contributed by atoms with Crippen molar-refractivity contribution in [2.45, 2.75) is 0 Å². The molecule has 0 atom stereocenters. The number of aromatic nitrogens is 2. The van der Waals surface area contributed by atoms with Gasteiger partial charge in [-0.1, -0.05) is 0 Å². The molecule has 1 aromatic heterocycles. The molecular weight excluding hydrogens is 362 g/mol. The van der Waals surface area contributed by atoms with Gasteiger partial charge in [-0.2, -0.15) is 0 Å². The first-order valence-electron chi connectivity index (χ1n) is 9.09. The van der Waals surface area contributed by atoms with Gasteiger partial charge in [0.05, 0.1) is 38.7 Å². The van der Waals surface area contributed by atoms with Crippen LogP contribution in [0.25, 0.3) is 0 Å². The topological polar surface area (TPSA) is 97.8 Å². The van der Waals surface area contributed by atoms with Crippen LogP contribution in [0.15, 0.2) is 30.6 Å². The lowest BCUT2D eigenvalue weighted by Gasteiger charge is -2.26. The van der Waals surface area contributed by atoms with E-state index in [1.165, 1.54) is 12.4 Å². The molecule has 1 aliphatic rings. The zero-order valence-corrected chi connectivity index (χ0v) is 16.1. The van der Waals surface area contributed by atoms with E-state index in [0.717, 1.165) is 32.8 Å². The van der Waals surface area contributed by atoms with Gasteiger partial charge in [-0.15, -0.1) is 0 Å². The predicted molar refractivity (Wildman–Crippen MR) is 104 cm³/mol. The lowest BCUT2D eigenvalue weighted by molar-refractivity contribution is 0.0383. The molecular formula is C19H25N5O4. The first-order chi connectivity index (χ1) is 13.7. The Labute approximate surface area is 164 Å². The van der Waals surface area contributed by atoms with E-state index in [1.54, 1.807) is 32.4 Å². The van der Waals surface area contributed by atoms with Crippen LogP contribution in [0.5, 0.6) is 11.5 Å². The average Bonchev–Trinajstić information content (AvgIpc) is 2.75. The van der Waals surface area contributed by atoms with Gasteiger partial charge in [0.2, 0.25) is 5.95 Å². The Balaban J connectivity index is 1.55. The highest BCUT2D eigenvalue weighted by atomic mass is 16.5. The third-order valence-corrected chi connectivity index (χ3v) is 4.38. The number of carbonyl (C=O) groups excluding carboxylic acids is 1. The molecule has 0 unspecified atom stereocenters. The fourth-order valence-electron chi connectivity index (χ4n) is 2.80. The maximum absolute atomic E-state index is 12.2. The molecule has 9 heteroatoms. The van der Waals surface area contributed by atoms with Crippen molar-refractivity contribution in [2.75, 3.05) is 58.9 Å². The summed E-state index contributed by atoms with van der Waals surface area (Å²) in [6, 6.07) is 5.38. The molecule has 2 N–H and O–H groups in total. The van der Waals surface area contributed by atoms with Crippen LogP contribution in [0.2, 0.25) is 0 Å². The van der Waals surface area contributed by atoms with Crippen molar-refractivity contribution in [2.24, 2.45) is 0 Å². The van der Waals surface area contributed by atoms with Crippen molar-refractivity contribution in [1.29, 1.82) is 0 Å². The fourth-order valence-corrected chi connectivity index (χ4v) is 2.80. The molecule has 28 heavy (non-hydrogen) atoms. The Bertz CT molecular complexity index is 778. The highest BCUT2D eigenvalue weighted by Crippen LogP contribution is 2.30. The van der Waals surface area contributed by atoms with Gasteiger partial charge in [0.25, 0.3) is 5.91 Å². The van der Waals surface area contributed by atoms with E-state index in [1.807, 2.05) is 0 Å². The molecule has 0 bridgehead atoms. The SMILES string of the molecule is COc1ccc(OC)c(Nc2ncc(C(=O)NCCN3CCOCC3)cn2)c1. The molecule has 3 rings (SSSR count). The van der Waals surface area contributed by atoms with Gasteiger partial charge in [-0.3, -0.25) is 9.69 Å². The monoisotopic (exact) mass is 387 g/mol. The molecule has 9 nitrogen and oxygen atoms in total. The first kappa shape index (κ1) is 19.8. The summed E-state index contributed by atoms with van der Waals surface area (Å²) in [4.78, 5) is 22.9. The quantitative estimate of drug-likeness (QED) is 0.700. The van der Waals surface area contributed by atoms with E-state index < -0.39 is 0 Å². The minimum absolute atomic E-state index is 0.196. The highest BCUT2D eigenvalue weighted by Gasteiger charge is 2.12. The predicted octanol–water partition coefficient (Wildman–Crippen LogP) is 1.30. The maximum atomic E-state index is 12.2. The number of nitrogens with zero attached hydrogens (tertiary/aromatic N) is 3. The smallest absolute Gasteiger partial charge is 0.254 e. The second-order valence-corrected chi connectivity index (χ2v) is 6.20. The van der Waals surface area contributed by atoms with E-state index >= 15 is 0 Å². The van der Waals surface area contributed by atoms with E-state index in [4.69, 9.17) is 14.2 Å². The van der Waals surface area contributed by atoms with Crippen molar-refractivity contribution in [3.63, 3.8) is 0 Å². The number of hydrogen-bond donors (Lipinski definition) is 2. The maximum Gasteiger partial charge on any atom is 0.254 e. The van der Waals surface area contributed by atoms with E-state index in [-0.39, 0.29) is 5.91 Å². The van der Waals surface area contributed by atoms with Gasteiger partial charge in [0, 0.05) is 44.6 Å². The van der Waals surface area contributed by atoms with Crippen molar-refractivity contribution in [1.82, 2.24) is 20.2 Å². The number of ether oxygens (including phenoxy) is 3. The van der Waals surface area contributed by atoms with Crippen molar-refractivity contribution in [3.05, 3.63) is 36.2 Å². The molecule has 1 fully saturated rings. The van der Waals surface area contributed by atoms with Crippen LogP contribution in [-0.2, 0) is 4.74 Å². The number of morpholine rings is 1. The van der Waals surface area contributed by atoms with Crippen molar-refractivity contribution >= 4 is 17.5 Å². The van der Waals surface area contributed by atoms with Crippen LogP contribution >= 0.6 is 0 Å². The fraction of sp³-hybridized carbons (Fsp3) is 0.421. The minimum atomic E-state index is -0.196. The molecule has 1 saturated heterocycles. The number of rotatable bonds is 8. The number of methoxy groups -OCH3 is 2. The van der Waals surface area contributed by atoms with Crippen molar-refractivity contribution < 1.29 is 19.0 Å². The Morgan fingerprint density at radius 3 is 2.61 bits per heavy atom. The Morgan fingerprint density at radius 2 is 1.93 bits per heavy atom. The molecule has 2 heterocycles. The van der Waals surface area contributed by atoms with Gasteiger partial charge >= 0.3 is 0 Å². The number of benzene rings is 1. The summed E-state index contributed by atoms with van der Waals surface area (Å²) in [5.74, 6) is 1.48. The third kappa shape index (κ3) is 5.30. The Morgan fingerprint density at radius 1 is 1.18 bits per heavy atom. The largest absolute Gasteiger partial charge is 0.497 e. The summed E-state index contributed by atoms with van der Waals surface area (Å²) in [6.45, 7) is 4.65. The zero-order chi connectivity index (χ0) is 19.8. The molecule has 0 radical (unpaired) electrons. The molecule has 0 spiro atoms. The third-order valence-electron chi connectivity index (χ3n) is 4.38. The second-order valence-electron chi connectivity index (χ2n) is 6.20. The zero-order valence-electron chi connectivity index (χ0n) is 16.1. The second kappa shape index (κ2) is 9.86. The lowest BCUT2D eigenvalue weighted by atomic mass is 10.2. The molecule has 2 aromatic rings. The normalized spacial score (nSPS) is 14.4. The summed E-state index contributed by atoms with van der Waals surface area (Å²) < 4.78 is 15.9. The highest BCUT2D eigenvalue weighted by molar-refractivity contribution is 5.93.